The summed E-state index contributed by atoms with van der Waals surface area (Å²) in [4.78, 5) is 20.1. The van der Waals surface area contributed by atoms with Crippen molar-refractivity contribution in [2.45, 2.75) is 31.7 Å². The quantitative estimate of drug-likeness (QED) is 0.472. The fourth-order valence-electron chi connectivity index (χ4n) is 5.33. The second kappa shape index (κ2) is 8.51. The lowest BCUT2D eigenvalue weighted by molar-refractivity contribution is -0.148. The number of aliphatic carboxylic acids is 1. The molecule has 2 N–H and O–H groups in total. The molecule has 32 heavy (non-hydrogen) atoms. The van der Waals surface area contributed by atoms with Crippen LogP contribution in [0.5, 0.6) is 0 Å². The first-order valence-electron chi connectivity index (χ1n) is 10.9. The predicted molar refractivity (Wildman–Crippen MR) is 122 cm³/mol. The van der Waals surface area contributed by atoms with Gasteiger partial charge in [0.2, 0.25) is 5.28 Å². The van der Waals surface area contributed by atoms with E-state index in [1.165, 1.54) is 0 Å². The zero-order valence-electron chi connectivity index (χ0n) is 17.3. The van der Waals surface area contributed by atoms with Gasteiger partial charge in [0.1, 0.15) is 5.69 Å². The molecule has 2 bridgehead atoms. The van der Waals surface area contributed by atoms with E-state index >= 15 is 4.39 Å². The number of benzene rings is 2. The molecular formula is C25H23ClFN3O2. The van der Waals surface area contributed by atoms with Gasteiger partial charge in [0.15, 0.2) is 11.6 Å². The van der Waals surface area contributed by atoms with Crippen LogP contribution in [0, 0.1) is 23.6 Å². The molecule has 3 aromatic rings. The lowest BCUT2D eigenvalue weighted by atomic mass is 9.61. The van der Waals surface area contributed by atoms with Crippen LogP contribution >= 0.6 is 11.6 Å². The van der Waals surface area contributed by atoms with Crippen molar-refractivity contribution < 1.29 is 14.3 Å². The third kappa shape index (κ3) is 3.84. The van der Waals surface area contributed by atoms with Gasteiger partial charge in [-0.25, -0.2) is 9.37 Å². The molecule has 1 heterocycles. The summed E-state index contributed by atoms with van der Waals surface area (Å²) in [7, 11) is 0. The zero-order chi connectivity index (χ0) is 22.2. The number of carbonyl (C=O) groups is 1. The summed E-state index contributed by atoms with van der Waals surface area (Å²) >= 11 is 6.15. The van der Waals surface area contributed by atoms with Crippen LogP contribution < -0.4 is 5.32 Å². The first-order chi connectivity index (χ1) is 15.5. The van der Waals surface area contributed by atoms with Crippen molar-refractivity contribution in [3.63, 3.8) is 0 Å². The normalized spacial score (nSPS) is 24.3. The summed E-state index contributed by atoms with van der Waals surface area (Å²) in [6.45, 7) is 0. The molecule has 2 aromatic carbocycles. The number of halogens is 2. The number of hydrogen-bond acceptors (Lipinski definition) is 4. The number of anilines is 1. The topological polar surface area (TPSA) is 75.1 Å². The smallest absolute Gasteiger partial charge is 0.308 e. The summed E-state index contributed by atoms with van der Waals surface area (Å²) < 4.78 is 15.5. The minimum absolute atomic E-state index is 0.0315. The molecule has 7 heteroatoms. The number of nitrogens with one attached hydrogen (secondary N) is 1. The van der Waals surface area contributed by atoms with Gasteiger partial charge in [0.25, 0.3) is 0 Å². The lowest BCUT2D eigenvalue weighted by Gasteiger charge is -2.47. The highest BCUT2D eigenvalue weighted by atomic mass is 35.5. The maximum Gasteiger partial charge on any atom is 0.308 e. The summed E-state index contributed by atoms with van der Waals surface area (Å²) in [5, 5.41) is 12.8. The van der Waals surface area contributed by atoms with Crippen molar-refractivity contribution in [2.75, 3.05) is 5.32 Å². The maximum atomic E-state index is 15.5. The van der Waals surface area contributed by atoms with Crippen LogP contribution in [-0.4, -0.2) is 27.1 Å². The van der Waals surface area contributed by atoms with E-state index in [0.29, 0.717) is 5.56 Å². The number of rotatable bonds is 5. The van der Waals surface area contributed by atoms with E-state index in [4.69, 9.17) is 11.6 Å². The Hall–Kier alpha value is -2.99. The van der Waals surface area contributed by atoms with Crippen molar-refractivity contribution in [3.05, 3.63) is 65.7 Å². The first-order valence-corrected chi connectivity index (χ1v) is 11.3. The van der Waals surface area contributed by atoms with Gasteiger partial charge in [0, 0.05) is 11.6 Å². The molecule has 2 atom stereocenters. The Kier molecular flexibility index (Phi) is 5.55. The highest BCUT2D eigenvalue weighted by molar-refractivity contribution is 6.28. The van der Waals surface area contributed by atoms with Crippen LogP contribution in [0.15, 0.2) is 54.6 Å². The molecule has 164 valence electrons. The highest BCUT2D eigenvalue weighted by Gasteiger charge is 2.47. The van der Waals surface area contributed by atoms with Crippen LogP contribution in [-0.2, 0) is 4.79 Å². The molecule has 3 fully saturated rings. The third-order valence-corrected chi connectivity index (χ3v) is 7.07. The SMILES string of the molecule is O=C(O)C1C2CCC(CC2)C1Nc1nc(Cl)nc(-c2ccc(-c3ccccc3)cc2)c1F. The molecule has 3 saturated carbocycles. The molecule has 1 aromatic heterocycles. The highest BCUT2D eigenvalue weighted by Crippen LogP contribution is 2.46. The Morgan fingerprint density at radius 2 is 1.50 bits per heavy atom. The van der Waals surface area contributed by atoms with E-state index in [2.05, 4.69) is 15.3 Å². The van der Waals surface area contributed by atoms with Gasteiger partial charge in [-0.1, -0.05) is 54.6 Å². The molecule has 0 aliphatic heterocycles. The molecule has 0 amide bonds. The third-order valence-electron chi connectivity index (χ3n) is 6.90. The molecule has 5 nitrogen and oxygen atoms in total. The number of aromatic nitrogens is 2. The van der Waals surface area contributed by atoms with Crippen LogP contribution in [0.1, 0.15) is 25.7 Å². The average molecular weight is 452 g/mol. The molecule has 2 unspecified atom stereocenters. The summed E-state index contributed by atoms with van der Waals surface area (Å²) in [5.74, 6) is -1.75. The van der Waals surface area contributed by atoms with E-state index in [-0.39, 0.29) is 34.7 Å². The van der Waals surface area contributed by atoms with Gasteiger partial charge in [-0.05, 0) is 60.2 Å². The minimum atomic E-state index is -0.839. The number of fused-ring (bicyclic) bond motifs is 3. The summed E-state index contributed by atoms with van der Waals surface area (Å²) in [5.41, 5.74) is 2.75. The second-order valence-electron chi connectivity index (χ2n) is 8.66. The van der Waals surface area contributed by atoms with Gasteiger partial charge in [0.05, 0.1) is 5.92 Å². The van der Waals surface area contributed by atoms with Crippen LogP contribution in [0.4, 0.5) is 10.2 Å². The van der Waals surface area contributed by atoms with Crippen molar-refractivity contribution in [2.24, 2.45) is 17.8 Å². The Morgan fingerprint density at radius 1 is 0.906 bits per heavy atom. The summed E-state index contributed by atoms with van der Waals surface area (Å²) in [6, 6.07) is 17.0. The maximum absolute atomic E-state index is 15.5. The molecular weight excluding hydrogens is 429 g/mol. The van der Waals surface area contributed by atoms with E-state index in [0.717, 1.165) is 36.8 Å². The van der Waals surface area contributed by atoms with Crippen molar-refractivity contribution >= 4 is 23.4 Å². The molecule has 6 rings (SSSR count). The van der Waals surface area contributed by atoms with Gasteiger partial charge >= 0.3 is 5.97 Å². The fourth-order valence-corrected chi connectivity index (χ4v) is 5.50. The van der Waals surface area contributed by atoms with Crippen LogP contribution in [0.3, 0.4) is 0 Å². The van der Waals surface area contributed by atoms with Gasteiger partial charge in [-0.2, -0.15) is 4.98 Å². The van der Waals surface area contributed by atoms with Crippen LogP contribution in [0.25, 0.3) is 22.4 Å². The number of hydrogen-bond donors (Lipinski definition) is 2. The van der Waals surface area contributed by atoms with E-state index in [9.17, 15) is 9.90 Å². The summed E-state index contributed by atoms with van der Waals surface area (Å²) in [6.07, 6.45) is 3.71. The Morgan fingerprint density at radius 3 is 2.16 bits per heavy atom. The van der Waals surface area contributed by atoms with E-state index < -0.39 is 17.7 Å². The number of carboxylic acid groups (broad SMARTS) is 1. The fraction of sp³-hybridized carbons (Fsp3) is 0.320. The van der Waals surface area contributed by atoms with Crippen molar-refractivity contribution in [1.29, 1.82) is 0 Å². The Bertz CT molecular complexity index is 1130. The van der Waals surface area contributed by atoms with Crippen molar-refractivity contribution in [1.82, 2.24) is 9.97 Å². The molecule has 0 spiro atoms. The number of nitrogens with zero attached hydrogens (tertiary/aromatic N) is 2. The van der Waals surface area contributed by atoms with Gasteiger partial charge < -0.3 is 10.4 Å². The van der Waals surface area contributed by atoms with Crippen molar-refractivity contribution in [3.8, 4) is 22.4 Å². The molecule has 3 aliphatic rings. The molecule has 0 radical (unpaired) electrons. The van der Waals surface area contributed by atoms with E-state index in [1.807, 2.05) is 42.5 Å². The van der Waals surface area contributed by atoms with E-state index in [1.54, 1.807) is 12.1 Å². The number of carboxylic acids is 1. The molecule has 3 aliphatic carbocycles. The van der Waals surface area contributed by atoms with Gasteiger partial charge in [-0.3, -0.25) is 4.79 Å². The monoisotopic (exact) mass is 451 g/mol. The molecule has 0 saturated heterocycles. The Labute approximate surface area is 190 Å². The Balaban J connectivity index is 1.46. The zero-order valence-corrected chi connectivity index (χ0v) is 18.1. The standard InChI is InChI=1S/C25H23ClFN3O2/c26-25-29-22(18-10-6-15(7-11-18)14-4-2-1-3-5-14)20(27)23(30-25)28-21-17-12-8-16(9-13-17)19(21)24(31)32/h1-7,10-11,16-17,19,21H,8-9,12-13H2,(H,31,32)(H,28,29,30). The van der Waals surface area contributed by atoms with Gasteiger partial charge in [-0.15, -0.1) is 0 Å². The average Bonchev–Trinajstić information content (AvgIpc) is 2.82. The van der Waals surface area contributed by atoms with Crippen LogP contribution in [0.2, 0.25) is 5.28 Å². The lowest BCUT2D eigenvalue weighted by Crippen LogP contribution is -2.51. The largest absolute Gasteiger partial charge is 0.481 e. The first kappa shape index (κ1) is 20.9. The minimum Gasteiger partial charge on any atom is -0.481 e. The predicted octanol–water partition coefficient (Wildman–Crippen LogP) is 5.90. The second-order valence-corrected chi connectivity index (χ2v) is 8.99.